The Hall–Kier alpha value is -3.20. The number of carbonyl (C=O) groups is 3. The van der Waals surface area contributed by atoms with Crippen LogP contribution in [0.15, 0.2) is 42.0 Å². The Kier molecular flexibility index (Phi) is 5.67. The van der Waals surface area contributed by atoms with Crippen molar-refractivity contribution in [2.75, 3.05) is 13.1 Å². The summed E-state index contributed by atoms with van der Waals surface area (Å²) in [4.78, 5) is 51.2. The summed E-state index contributed by atoms with van der Waals surface area (Å²) in [5.41, 5.74) is 2.50. The average molecular weight is 480 g/mol. The van der Waals surface area contributed by atoms with Crippen LogP contribution >= 0.6 is 11.3 Å². The number of amides is 3. The number of nitrogens with one attached hydrogen (secondary N) is 2. The van der Waals surface area contributed by atoms with Gasteiger partial charge in [0.15, 0.2) is 0 Å². The minimum Gasteiger partial charge on any atom is -0.351 e. The molecule has 2 N–H and O–H groups in total. The maximum atomic E-state index is 13.7. The predicted octanol–water partition coefficient (Wildman–Crippen LogP) is 3.28. The van der Waals surface area contributed by atoms with Crippen molar-refractivity contribution >= 4 is 40.0 Å². The number of carbonyl (C=O) groups excluding carboxylic acids is 3. The van der Waals surface area contributed by atoms with E-state index in [1.165, 1.54) is 11.3 Å². The zero-order valence-corrected chi connectivity index (χ0v) is 20.4. The zero-order valence-electron chi connectivity index (χ0n) is 19.6. The molecule has 5 rings (SSSR count). The van der Waals surface area contributed by atoms with Gasteiger partial charge in [-0.05, 0) is 30.4 Å². The van der Waals surface area contributed by atoms with Gasteiger partial charge in [-0.3, -0.25) is 19.4 Å². The van der Waals surface area contributed by atoms with E-state index in [2.05, 4.69) is 15.3 Å². The van der Waals surface area contributed by atoms with E-state index >= 15 is 0 Å². The van der Waals surface area contributed by atoms with Gasteiger partial charge < -0.3 is 20.1 Å². The largest absolute Gasteiger partial charge is 0.351 e. The normalized spacial score (nSPS) is 21.0. The van der Waals surface area contributed by atoms with Crippen LogP contribution in [0.1, 0.15) is 53.8 Å². The first-order valence-electron chi connectivity index (χ1n) is 11.6. The molecule has 8 nitrogen and oxygen atoms in total. The van der Waals surface area contributed by atoms with Crippen molar-refractivity contribution in [2.24, 2.45) is 5.41 Å². The van der Waals surface area contributed by atoms with E-state index in [4.69, 9.17) is 0 Å². The van der Waals surface area contributed by atoms with Crippen molar-refractivity contribution in [3.05, 3.63) is 52.6 Å². The lowest BCUT2D eigenvalue weighted by atomic mass is 9.81. The van der Waals surface area contributed by atoms with Gasteiger partial charge in [-0.1, -0.05) is 39.0 Å². The average Bonchev–Trinajstić information content (AvgIpc) is 3.46. The Morgan fingerprint density at radius 3 is 2.68 bits per heavy atom. The second-order valence-electron chi connectivity index (χ2n) is 10.2. The Morgan fingerprint density at radius 1 is 1.18 bits per heavy atom. The number of nitrogens with zero attached hydrogens (tertiary/aromatic N) is 3. The van der Waals surface area contributed by atoms with Gasteiger partial charge in [0.05, 0.1) is 23.8 Å². The van der Waals surface area contributed by atoms with Gasteiger partial charge in [0.25, 0.3) is 11.8 Å². The Bertz CT molecular complexity index is 1200. The number of fused-ring (bicyclic) bond motifs is 2. The standard InChI is InChI=1S/C25H29N5O3S/c1-25(2,3)21(28-22(31)17-11-15-7-4-5-8-16(15)27-17)24(33)30-13-19-18(30)9-6-10-29(19)23(32)20-12-26-14-34-20/h4-5,7-8,11-12,14,18-19,21,27H,6,9-10,13H2,1-3H3,(H,28,31)/t18?,19?,21-/m1/s1. The number of benzene rings is 1. The smallest absolute Gasteiger partial charge is 0.268 e. The lowest BCUT2D eigenvalue weighted by Crippen LogP contribution is -2.73. The molecule has 2 unspecified atom stereocenters. The van der Waals surface area contributed by atoms with Gasteiger partial charge in [-0.25, -0.2) is 0 Å². The third-order valence-corrected chi connectivity index (χ3v) is 7.64. The number of piperidine rings is 1. The molecule has 2 aromatic heterocycles. The second kappa shape index (κ2) is 8.54. The fraction of sp³-hybridized carbons (Fsp3) is 0.440. The molecule has 0 bridgehead atoms. The zero-order chi connectivity index (χ0) is 24.0. The highest BCUT2D eigenvalue weighted by Crippen LogP contribution is 2.35. The van der Waals surface area contributed by atoms with Crippen LogP contribution in [0.4, 0.5) is 0 Å². The summed E-state index contributed by atoms with van der Waals surface area (Å²) in [7, 11) is 0. The van der Waals surface area contributed by atoms with Gasteiger partial charge in [0.1, 0.15) is 16.6 Å². The van der Waals surface area contributed by atoms with E-state index in [1.807, 2.05) is 54.8 Å². The number of H-pyrrole nitrogens is 1. The van der Waals surface area contributed by atoms with Gasteiger partial charge in [-0.15, -0.1) is 11.3 Å². The number of aromatic nitrogens is 2. The van der Waals surface area contributed by atoms with E-state index in [0.29, 0.717) is 23.7 Å². The number of thiazole rings is 1. The van der Waals surface area contributed by atoms with Crippen LogP contribution in [0, 0.1) is 5.41 Å². The summed E-state index contributed by atoms with van der Waals surface area (Å²) in [5.74, 6) is -0.402. The minimum absolute atomic E-state index is 0.0104. The number of para-hydroxylation sites is 1. The summed E-state index contributed by atoms with van der Waals surface area (Å²) < 4.78 is 0. The highest BCUT2D eigenvalue weighted by Gasteiger charge is 2.51. The fourth-order valence-electron chi connectivity index (χ4n) is 5.01. The first kappa shape index (κ1) is 22.6. The van der Waals surface area contributed by atoms with Crippen LogP contribution < -0.4 is 5.32 Å². The molecule has 2 aliphatic rings. The molecule has 178 valence electrons. The van der Waals surface area contributed by atoms with E-state index in [1.54, 1.807) is 17.8 Å². The van der Waals surface area contributed by atoms with Crippen LogP contribution in [0.25, 0.3) is 10.9 Å². The van der Waals surface area contributed by atoms with Crippen molar-refractivity contribution in [1.82, 2.24) is 25.1 Å². The number of rotatable bonds is 4. The van der Waals surface area contributed by atoms with Gasteiger partial charge in [-0.2, -0.15) is 0 Å². The van der Waals surface area contributed by atoms with E-state index in [-0.39, 0.29) is 29.8 Å². The Morgan fingerprint density at radius 2 is 1.97 bits per heavy atom. The molecule has 0 radical (unpaired) electrons. The molecule has 2 aliphatic heterocycles. The van der Waals surface area contributed by atoms with Gasteiger partial charge >= 0.3 is 0 Å². The number of hydrogen-bond acceptors (Lipinski definition) is 5. The molecule has 9 heteroatoms. The van der Waals surface area contributed by atoms with Crippen LogP contribution in [0.5, 0.6) is 0 Å². The third-order valence-electron chi connectivity index (χ3n) is 6.88. The highest BCUT2D eigenvalue weighted by molar-refractivity contribution is 7.11. The highest BCUT2D eigenvalue weighted by atomic mass is 32.1. The maximum absolute atomic E-state index is 13.7. The molecule has 1 aromatic carbocycles. The molecule has 0 saturated carbocycles. The van der Waals surface area contributed by atoms with E-state index in [0.717, 1.165) is 23.7 Å². The van der Waals surface area contributed by atoms with Crippen molar-refractivity contribution < 1.29 is 14.4 Å². The molecule has 2 saturated heterocycles. The quantitative estimate of drug-likeness (QED) is 0.600. The molecule has 34 heavy (non-hydrogen) atoms. The Balaban J connectivity index is 1.31. The lowest BCUT2D eigenvalue weighted by Gasteiger charge is -2.56. The molecular weight excluding hydrogens is 450 g/mol. The van der Waals surface area contributed by atoms with Crippen molar-refractivity contribution in [1.29, 1.82) is 0 Å². The fourth-order valence-corrected chi connectivity index (χ4v) is 5.58. The van der Waals surface area contributed by atoms with Gasteiger partial charge in [0, 0.05) is 24.0 Å². The van der Waals surface area contributed by atoms with Crippen LogP contribution in [-0.2, 0) is 4.79 Å². The number of likely N-dealkylation sites (tertiary alicyclic amines) is 2. The third kappa shape index (κ3) is 3.98. The molecule has 2 fully saturated rings. The monoisotopic (exact) mass is 479 g/mol. The molecule has 0 spiro atoms. The van der Waals surface area contributed by atoms with Crippen molar-refractivity contribution in [3.8, 4) is 0 Å². The summed E-state index contributed by atoms with van der Waals surface area (Å²) in [6.45, 7) is 7.05. The molecule has 3 atom stereocenters. The number of hydrogen-bond donors (Lipinski definition) is 2. The maximum Gasteiger partial charge on any atom is 0.268 e. The first-order chi connectivity index (χ1) is 16.2. The number of aromatic amines is 1. The van der Waals surface area contributed by atoms with E-state index in [9.17, 15) is 14.4 Å². The van der Waals surface area contributed by atoms with Crippen LogP contribution in [0.3, 0.4) is 0 Å². The topological polar surface area (TPSA) is 98.4 Å². The summed E-state index contributed by atoms with van der Waals surface area (Å²) in [6, 6.07) is 8.81. The molecular formula is C25H29N5O3S. The summed E-state index contributed by atoms with van der Waals surface area (Å²) in [5, 5.41) is 3.94. The van der Waals surface area contributed by atoms with Crippen LogP contribution in [-0.4, -0.2) is 68.7 Å². The molecule has 3 amide bonds. The van der Waals surface area contributed by atoms with Crippen LogP contribution in [0.2, 0.25) is 0 Å². The summed E-state index contributed by atoms with van der Waals surface area (Å²) >= 11 is 1.34. The Labute approximate surface area is 202 Å². The SMILES string of the molecule is CC(C)(C)[C@H](NC(=O)c1cc2ccccc2[nH]1)C(=O)N1CC2C1CCCN2C(=O)c1cncs1. The first-order valence-corrected chi connectivity index (χ1v) is 12.5. The molecule has 3 aromatic rings. The van der Waals surface area contributed by atoms with Gasteiger partial charge in [0.2, 0.25) is 5.91 Å². The predicted molar refractivity (Wildman–Crippen MR) is 131 cm³/mol. The lowest BCUT2D eigenvalue weighted by molar-refractivity contribution is -0.152. The van der Waals surface area contributed by atoms with E-state index < -0.39 is 11.5 Å². The minimum atomic E-state index is -0.681. The second-order valence-corrected chi connectivity index (χ2v) is 11.1. The summed E-state index contributed by atoms with van der Waals surface area (Å²) in [6.07, 6.45) is 3.31. The van der Waals surface area contributed by atoms with Crippen molar-refractivity contribution in [3.63, 3.8) is 0 Å². The molecule has 4 heterocycles. The molecule has 0 aliphatic carbocycles. The van der Waals surface area contributed by atoms with Crippen molar-refractivity contribution in [2.45, 2.75) is 51.7 Å².